The number of carbonyl (C=O) groups excluding carboxylic acids is 2. The zero-order chi connectivity index (χ0) is 22.5. The summed E-state index contributed by atoms with van der Waals surface area (Å²) < 4.78 is 74.4. The Kier molecular flexibility index (Phi) is 6.76. The van der Waals surface area contributed by atoms with Gasteiger partial charge in [0.15, 0.2) is 0 Å². The van der Waals surface area contributed by atoms with Crippen LogP contribution in [0.15, 0.2) is 29.2 Å². The van der Waals surface area contributed by atoms with Crippen LogP contribution in [0.1, 0.15) is 23.1 Å². The fraction of sp³-hybridized carbons (Fsp3) is 0.267. The van der Waals surface area contributed by atoms with E-state index in [1.165, 1.54) is 19.1 Å². The van der Waals surface area contributed by atoms with E-state index in [9.17, 15) is 31.2 Å². The number of rotatable bonds is 6. The lowest BCUT2D eigenvalue weighted by Gasteiger charge is -2.12. The van der Waals surface area contributed by atoms with Crippen molar-refractivity contribution in [2.75, 3.05) is 19.0 Å². The molecular weight excluding hydrogens is 435 g/mol. The molecule has 2 rings (SSSR count). The second-order valence-corrected chi connectivity index (χ2v) is 6.89. The van der Waals surface area contributed by atoms with E-state index in [1.54, 1.807) is 10.0 Å². The molecular formula is C15H14F3N5O6S. The van der Waals surface area contributed by atoms with E-state index in [0.29, 0.717) is 0 Å². The maximum absolute atomic E-state index is 12.9. The third-order valence-corrected chi connectivity index (χ3v) is 4.57. The van der Waals surface area contributed by atoms with Gasteiger partial charge in [0.1, 0.15) is 4.90 Å². The number of sulfonamides is 1. The molecule has 1 heterocycles. The molecule has 0 fully saturated rings. The molecule has 0 bridgehead atoms. The van der Waals surface area contributed by atoms with E-state index in [-0.39, 0.29) is 12.2 Å². The van der Waals surface area contributed by atoms with Gasteiger partial charge in [0, 0.05) is 0 Å². The fourth-order valence-electron chi connectivity index (χ4n) is 2.02. The minimum Gasteiger partial charge on any atom is -0.465 e. The monoisotopic (exact) mass is 449 g/mol. The molecule has 0 aliphatic rings. The standard InChI is InChI=1S/C15H14F3N5O6S/c1-3-29-14-20-11(15(16,17)18)19-12(22-14)21-13(25)23-30(26,27)9-7-5-4-6-8(9)10(24)28-2/h4-7H,3H2,1-2H3,(H2,19,20,21,22,23,25). The van der Waals surface area contributed by atoms with Gasteiger partial charge in [0.2, 0.25) is 11.8 Å². The number of hydrogen-bond acceptors (Lipinski definition) is 9. The Morgan fingerprint density at radius 1 is 1.13 bits per heavy atom. The quantitative estimate of drug-likeness (QED) is 0.627. The molecule has 0 aliphatic heterocycles. The molecule has 30 heavy (non-hydrogen) atoms. The molecule has 2 aromatic rings. The molecule has 0 saturated carbocycles. The molecule has 11 nitrogen and oxygen atoms in total. The lowest BCUT2D eigenvalue weighted by molar-refractivity contribution is -0.145. The van der Waals surface area contributed by atoms with Gasteiger partial charge < -0.3 is 9.47 Å². The Bertz CT molecular complexity index is 1060. The molecule has 0 radical (unpaired) electrons. The maximum atomic E-state index is 12.9. The van der Waals surface area contributed by atoms with Crippen LogP contribution in [0.4, 0.5) is 23.9 Å². The van der Waals surface area contributed by atoms with Crippen molar-refractivity contribution in [1.82, 2.24) is 19.7 Å². The Labute approximate surface area is 167 Å². The number of halogens is 3. The highest BCUT2D eigenvalue weighted by Gasteiger charge is 2.36. The van der Waals surface area contributed by atoms with Crippen LogP contribution in [-0.2, 0) is 20.9 Å². The van der Waals surface area contributed by atoms with E-state index in [0.717, 1.165) is 19.2 Å². The summed E-state index contributed by atoms with van der Waals surface area (Å²) in [4.78, 5) is 32.7. The van der Waals surface area contributed by atoms with Gasteiger partial charge in [-0.05, 0) is 19.1 Å². The predicted molar refractivity (Wildman–Crippen MR) is 93.1 cm³/mol. The van der Waals surface area contributed by atoms with Gasteiger partial charge in [-0.3, -0.25) is 5.32 Å². The molecule has 0 aliphatic carbocycles. The lowest BCUT2D eigenvalue weighted by atomic mass is 10.2. The second kappa shape index (κ2) is 8.89. The first-order valence-electron chi connectivity index (χ1n) is 7.95. The van der Waals surface area contributed by atoms with Crippen LogP contribution in [0.3, 0.4) is 0 Å². The predicted octanol–water partition coefficient (Wildman–Crippen LogP) is 1.59. The van der Waals surface area contributed by atoms with Crippen molar-refractivity contribution in [3.05, 3.63) is 35.7 Å². The van der Waals surface area contributed by atoms with Crippen molar-refractivity contribution in [3.63, 3.8) is 0 Å². The first-order valence-corrected chi connectivity index (χ1v) is 9.43. The van der Waals surface area contributed by atoms with E-state index in [1.807, 2.05) is 0 Å². The normalized spacial score (nSPS) is 11.5. The Morgan fingerprint density at radius 3 is 2.40 bits per heavy atom. The molecule has 15 heteroatoms. The summed E-state index contributed by atoms with van der Waals surface area (Å²) >= 11 is 0. The highest BCUT2D eigenvalue weighted by Crippen LogP contribution is 2.27. The zero-order valence-corrected chi connectivity index (χ0v) is 16.2. The van der Waals surface area contributed by atoms with Crippen LogP contribution >= 0.6 is 0 Å². The molecule has 0 unspecified atom stereocenters. The number of ether oxygens (including phenoxy) is 2. The van der Waals surface area contributed by atoms with Crippen molar-refractivity contribution in [2.45, 2.75) is 18.0 Å². The van der Waals surface area contributed by atoms with E-state index < -0.39 is 50.9 Å². The first-order chi connectivity index (χ1) is 14.0. The van der Waals surface area contributed by atoms with Crippen LogP contribution in [0.2, 0.25) is 0 Å². The molecule has 0 saturated heterocycles. The average Bonchev–Trinajstić information content (AvgIpc) is 2.66. The third-order valence-electron chi connectivity index (χ3n) is 3.18. The van der Waals surface area contributed by atoms with Crippen molar-refractivity contribution in [2.24, 2.45) is 0 Å². The van der Waals surface area contributed by atoms with Gasteiger partial charge in [0.05, 0.1) is 19.3 Å². The van der Waals surface area contributed by atoms with Gasteiger partial charge in [-0.2, -0.15) is 28.1 Å². The number of methoxy groups -OCH3 is 1. The smallest absolute Gasteiger partial charge is 0.451 e. The number of alkyl halides is 3. The number of nitrogens with zero attached hydrogens (tertiary/aromatic N) is 3. The highest BCUT2D eigenvalue weighted by atomic mass is 32.2. The zero-order valence-electron chi connectivity index (χ0n) is 15.3. The number of aromatic nitrogens is 3. The molecule has 2 amide bonds. The van der Waals surface area contributed by atoms with Crippen LogP contribution in [-0.4, -0.2) is 49.1 Å². The summed E-state index contributed by atoms with van der Waals surface area (Å²) in [5.41, 5.74) is -0.363. The molecule has 0 spiro atoms. The Morgan fingerprint density at radius 2 is 1.80 bits per heavy atom. The molecule has 2 N–H and O–H groups in total. The Balaban J connectivity index is 2.29. The highest BCUT2D eigenvalue weighted by molar-refractivity contribution is 7.90. The van der Waals surface area contributed by atoms with E-state index in [4.69, 9.17) is 4.74 Å². The van der Waals surface area contributed by atoms with Gasteiger partial charge in [-0.25, -0.2) is 22.7 Å². The summed E-state index contributed by atoms with van der Waals surface area (Å²) in [7, 11) is -3.58. The van der Waals surface area contributed by atoms with Gasteiger partial charge in [-0.1, -0.05) is 12.1 Å². The van der Waals surface area contributed by atoms with Gasteiger partial charge in [-0.15, -0.1) is 0 Å². The lowest BCUT2D eigenvalue weighted by Crippen LogP contribution is -2.36. The number of esters is 1. The summed E-state index contributed by atoms with van der Waals surface area (Å²) in [6.07, 6.45) is -4.98. The van der Waals surface area contributed by atoms with Crippen LogP contribution in [0.25, 0.3) is 0 Å². The minimum atomic E-state index is -4.98. The fourth-order valence-corrected chi connectivity index (χ4v) is 3.12. The van der Waals surface area contributed by atoms with E-state index in [2.05, 4.69) is 19.7 Å². The number of amides is 2. The number of nitrogens with one attached hydrogen (secondary N) is 2. The molecule has 162 valence electrons. The third kappa shape index (κ3) is 5.53. The number of hydrogen-bond donors (Lipinski definition) is 2. The molecule has 1 aromatic heterocycles. The summed E-state index contributed by atoms with van der Waals surface area (Å²) in [5.74, 6) is -3.55. The van der Waals surface area contributed by atoms with Gasteiger partial charge in [0.25, 0.3) is 10.0 Å². The number of carbonyl (C=O) groups is 2. The summed E-state index contributed by atoms with van der Waals surface area (Å²) in [5, 5.41) is 1.75. The summed E-state index contributed by atoms with van der Waals surface area (Å²) in [6.45, 7) is 1.38. The average molecular weight is 449 g/mol. The minimum absolute atomic E-state index is 0.0777. The number of anilines is 1. The molecule has 1 aromatic carbocycles. The number of urea groups is 1. The topological polar surface area (TPSA) is 149 Å². The maximum Gasteiger partial charge on any atom is 0.451 e. The van der Waals surface area contributed by atoms with Crippen molar-refractivity contribution >= 4 is 28.0 Å². The second-order valence-electron chi connectivity index (χ2n) is 5.24. The van der Waals surface area contributed by atoms with Crippen LogP contribution in [0.5, 0.6) is 6.01 Å². The van der Waals surface area contributed by atoms with Crippen LogP contribution < -0.4 is 14.8 Å². The SMILES string of the molecule is CCOc1nc(NC(=O)NS(=O)(=O)c2ccccc2C(=O)OC)nc(C(F)(F)F)n1. The first kappa shape index (κ1) is 22.8. The van der Waals surface area contributed by atoms with Crippen molar-refractivity contribution in [1.29, 1.82) is 0 Å². The number of benzene rings is 1. The van der Waals surface area contributed by atoms with E-state index >= 15 is 0 Å². The van der Waals surface area contributed by atoms with Crippen molar-refractivity contribution in [3.8, 4) is 6.01 Å². The van der Waals surface area contributed by atoms with Crippen molar-refractivity contribution < 1.29 is 40.7 Å². The van der Waals surface area contributed by atoms with Gasteiger partial charge >= 0.3 is 24.2 Å². The largest absolute Gasteiger partial charge is 0.465 e. The Hall–Kier alpha value is -3.49. The molecule has 0 atom stereocenters. The summed E-state index contributed by atoms with van der Waals surface area (Å²) in [6, 6.07) is 2.61. The van der Waals surface area contributed by atoms with Crippen LogP contribution in [0, 0.1) is 0 Å².